The van der Waals surface area contributed by atoms with Gasteiger partial charge in [-0.3, -0.25) is 9.97 Å². The Hall–Kier alpha value is -3.65. The standard InChI is InChI=1S/C27H25N3Si/c1-4-31(5-2,6-3)20-14-8-7-9-15-23-21-26(24-16-10-12-18-28-24)30-27(22-23)25-17-11-13-19-29-25/h10-13,16-19,21-22H,4-6H2,1-3H3. The van der Waals surface area contributed by atoms with Crippen LogP contribution in [0, 0.1) is 35.1 Å². The quantitative estimate of drug-likeness (QED) is 0.398. The van der Waals surface area contributed by atoms with Crippen LogP contribution in [-0.2, 0) is 0 Å². The molecular formula is C27H25N3Si. The average Bonchev–Trinajstić information content (AvgIpc) is 2.85. The van der Waals surface area contributed by atoms with Gasteiger partial charge in [-0.2, -0.15) is 0 Å². The van der Waals surface area contributed by atoms with Crippen molar-refractivity contribution < 1.29 is 0 Å². The predicted octanol–water partition coefficient (Wildman–Crippen LogP) is 5.61. The van der Waals surface area contributed by atoms with Gasteiger partial charge in [-0.25, -0.2) is 4.98 Å². The second kappa shape index (κ2) is 10.9. The monoisotopic (exact) mass is 419 g/mol. The predicted molar refractivity (Wildman–Crippen MR) is 130 cm³/mol. The largest absolute Gasteiger partial charge is 0.255 e. The molecule has 0 aliphatic rings. The van der Waals surface area contributed by atoms with Gasteiger partial charge in [-0.05, 0) is 78.2 Å². The smallest absolute Gasteiger partial charge is 0.139 e. The van der Waals surface area contributed by atoms with E-state index in [1.54, 1.807) is 12.4 Å². The fourth-order valence-electron chi connectivity index (χ4n) is 3.24. The van der Waals surface area contributed by atoms with E-state index in [0.29, 0.717) is 0 Å². The zero-order valence-electron chi connectivity index (χ0n) is 18.2. The van der Waals surface area contributed by atoms with Gasteiger partial charge in [-0.15, -0.1) is 5.54 Å². The lowest BCUT2D eigenvalue weighted by Gasteiger charge is -2.19. The Labute approximate surface area is 186 Å². The molecule has 31 heavy (non-hydrogen) atoms. The second-order valence-corrected chi connectivity index (χ2v) is 12.1. The van der Waals surface area contributed by atoms with Crippen molar-refractivity contribution in [3.63, 3.8) is 0 Å². The SMILES string of the molecule is CC[Si](C#CC#CC#Cc1cc(-c2ccccn2)nc(-c2ccccn2)c1)(CC)CC. The summed E-state index contributed by atoms with van der Waals surface area (Å²) in [7, 11) is -1.47. The minimum atomic E-state index is -1.47. The molecule has 0 amide bonds. The molecule has 3 nitrogen and oxygen atoms in total. The third-order valence-electron chi connectivity index (χ3n) is 5.43. The Morgan fingerprint density at radius 2 is 1.23 bits per heavy atom. The molecule has 0 atom stereocenters. The maximum atomic E-state index is 4.74. The van der Waals surface area contributed by atoms with E-state index in [1.807, 2.05) is 48.5 Å². The van der Waals surface area contributed by atoms with E-state index in [0.717, 1.165) is 28.3 Å². The number of nitrogens with zero attached hydrogens (tertiary/aromatic N) is 3. The summed E-state index contributed by atoms with van der Waals surface area (Å²) in [6.45, 7) is 6.72. The average molecular weight is 420 g/mol. The first-order valence-electron chi connectivity index (χ1n) is 10.6. The molecule has 0 bridgehead atoms. The van der Waals surface area contributed by atoms with E-state index in [4.69, 9.17) is 4.98 Å². The molecular weight excluding hydrogens is 394 g/mol. The Kier molecular flexibility index (Phi) is 7.77. The Balaban J connectivity index is 1.93. The lowest BCUT2D eigenvalue weighted by molar-refractivity contribution is 1.20. The van der Waals surface area contributed by atoms with Crippen molar-refractivity contribution >= 4 is 8.07 Å². The molecule has 0 radical (unpaired) electrons. The highest BCUT2D eigenvalue weighted by molar-refractivity contribution is 6.87. The molecule has 3 aromatic rings. The van der Waals surface area contributed by atoms with E-state index < -0.39 is 8.07 Å². The van der Waals surface area contributed by atoms with Crippen LogP contribution in [0.25, 0.3) is 22.8 Å². The first kappa shape index (κ1) is 22.0. The minimum Gasteiger partial charge on any atom is -0.255 e. The van der Waals surface area contributed by atoms with Gasteiger partial charge in [0.05, 0.1) is 22.8 Å². The number of pyridine rings is 3. The highest BCUT2D eigenvalue weighted by Gasteiger charge is 2.23. The van der Waals surface area contributed by atoms with E-state index >= 15 is 0 Å². The molecule has 0 spiro atoms. The van der Waals surface area contributed by atoms with Crippen molar-refractivity contribution in [1.82, 2.24) is 15.0 Å². The van der Waals surface area contributed by atoms with Crippen LogP contribution in [0.15, 0.2) is 60.9 Å². The van der Waals surface area contributed by atoms with Crippen LogP contribution in [0.5, 0.6) is 0 Å². The number of hydrogen-bond acceptors (Lipinski definition) is 3. The van der Waals surface area contributed by atoms with Crippen LogP contribution >= 0.6 is 0 Å². The molecule has 0 saturated carbocycles. The fraction of sp³-hybridized carbons (Fsp3) is 0.222. The normalized spacial score (nSPS) is 10.0. The maximum absolute atomic E-state index is 4.74. The van der Waals surface area contributed by atoms with E-state index in [-0.39, 0.29) is 0 Å². The summed E-state index contributed by atoms with van der Waals surface area (Å²) in [4.78, 5) is 13.6. The van der Waals surface area contributed by atoms with Crippen LogP contribution in [0.3, 0.4) is 0 Å². The molecule has 152 valence electrons. The molecule has 0 aromatic carbocycles. The van der Waals surface area contributed by atoms with Crippen molar-refractivity contribution in [3.8, 4) is 57.9 Å². The second-order valence-electron chi connectivity index (χ2n) is 7.15. The molecule has 0 saturated heterocycles. The molecule has 4 heteroatoms. The fourth-order valence-corrected chi connectivity index (χ4v) is 5.60. The summed E-state index contributed by atoms with van der Waals surface area (Å²) in [6.07, 6.45) is 3.51. The summed E-state index contributed by atoms with van der Waals surface area (Å²) in [5.74, 6) is 14.9. The van der Waals surface area contributed by atoms with Crippen LogP contribution in [0.2, 0.25) is 18.1 Å². The van der Waals surface area contributed by atoms with Gasteiger partial charge in [0.2, 0.25) is 0 Å². The van der Waals surface area contributed by atoms with E-state index in [2.05, 4.69) is 65.9 Å². The van der Waals surface area contributed by atoms with Crippen LogP contribution in [-0.4, -0.2) is 23.0 Å². The highest BCUT2D eigenvalue weighted by atomic mass is 28.3. The van der Waals surface area contributed by atoms with E-state index in [1.165, 1.54) is 18.1 Å². The van der Waals surface area contributed by atoms with Crippen molar-refractivity contribution in [3.05, 3.63) is 66.5 Å². The summed E-state index contributed by atoms with van der Waals surface area (Å²) >= 11 is 0. The topological polar surface area (TPSA) is 38.7 Å². The molecule has 3 rings (SSSR count). The molecule has 0 unspecified atom stereocenters. The summed E-state index contributed by atoms with van der Waals surface area (Å²) in [6, 6.07) is 18.9. The van der Waals surface area contributed by atoms with Gasteiger partial charge in [0.1, 0.15) is 8.07 Å². The molecule has 0 aliphatic heterocycles. The summed E-state index contributed by atoms with van der Waals surface area (Å²) in [5, 5.41) is 0. The van der Waals surface area contributed by atoms with Gasteiger partial charge < -0.3 is 0 Å². The molecule has 3 aromatic heterocycles. The van der Waals surface area contributed by atoms with Gasteiger partial charge in [0.25, 0.3) is 0 Å². The lowest BCUT2D eigenvalue weighted by atomic mass is 10.1. The van der Waals surface area contributed by atoms with Crippen molar-refractivity contribution in [2.45, 2.75) is 38.9 Å². The number of aromatic nitrogens is 3. The molecule has 0 N–H and O–H groups in total. The van der Waals surface area contributed by atoms with Crippen LogP contribution in [0.4, 0.5) is 0 Å². The first-order valence-corrected chi connectivity index (χ1v) is 13.2. The third kappa shape index (κ3) is 5.92. The summed E-state index contributed by atoms with van der Waals surface area (Å²) < 4.78 is 0. The van der Waals surface area contributed by atoms with Gasteiger partial charge in [0.15, 0.2) is 0 Å². The number of hydrogen-bond donors (Lipinski definition) is 0. The van der Waals surface area contributed by atoms with Crippen molar-refractivity contribution in [2.75, 3.05) is 0 Å². The molecule has 0 aliphatic carbocycles. The Morgan fingerprint density at radius 1 is 0.677 bits per heavy atom. The van der Waals surface area contributed by atoms with Gasteiger partial charge >= 0.3 is 0 Å². The lowest BCUT2D eigenvalue weighted by Crippen LogP contribution is -2.29. The van der Waals surface area contributed by atoms with Crippen LogP contribution < -0.4 is 0 Å². The Bertz CT molecular complexity index is 1130. The minimum absolute atomic E-state index is 0.755. The molecule has 0 fully saturated rings. The van der Waals surface area contributed by atoms with Gasteiger partial charge in [0, 0.05) is 18.0 Å². The molecule has 3 heterocycles. The highest BCUT2D eigenvalue weighted by Crippen LogP contribution is 2.22. The first-order chi connectivity index (χ1) is 15.2. The third-order valence-corrected chi connectivity index (χ3v) is 10.1. The van der Waals surface area contributed by atoms with Crippen LogP contribution in [0.1, 0.15) is 26.3 Å². The summed E-state index contributed by atoms with van der Waals surface area (Å²) in [5.41, 5.74) is 7.37. The van der Waals surface area contributed by atoms with Gasteiger partial charge in [-0.1, -0.05) is 38.8 Å². The zero-order chi connectivity index (χ0) is 21.9. The van der Waals surface area contributed by atoms with Crippen molar-refractivity contribution in [2.24, 2.45) is 0 Å². The zero-order valence-corrected chi connectivity index (χ0v) is 19.2. The maximum Gasteiger partial charge on any atom is 0.139 e. The number of rotatable bonds is 5. The Morgan fingerprint density at radius 3 is 1.71 bits per heavy atom. The van der Waals surface area contributed by atoms with Crippen molar-refractivity contribution in [1.29, 1.82) is 0 Å². The van der Waals surface area contributed by atoms with E-state index in [9.17, 15) is 0 Å².